The van der Waals surface area contributed by atoms with E-state index in [1.165, 1.54) is 35.8 Å². The fourth-order valence-electron chi connectivity index (χ4n) is 2.78. The summed E-state index contributed by atoms with van der Waals surface area (Å²) in [6.45, 7) is 3.62. The largest absolute Gasteiger partial charge is 0.424 e. The highest BCUT2D eigenvalue weighted by atomic mass is 32.2. The van der Waals surface area contributed by atoms with Crippen molar-refractivity contribution in [2.75, 3.05) is 0 Å². The van der Waals surface area contributed by atoms with E-state index in [-0.39, 0.29) is 16.7 Å². The maximum Gasteiger partial charge on any atom is 0.416 e. The van der Waals surface area contributed by atoms with E-state index in [0.717, 1.165) is 12.1 Å². The zero-order chi connectivity index (χ0) is 22.8. The molecule has 2 aromatic carbocycles. The molecule has 0 saturated heterocycles. The summed E-state index contributed by atoms with van der Waals surface area (Å²) in [5, 5.41) is 7.87. The third kappa shape index (κ3) is 5.20. The van der Waals surface area contributed by atoms with Gasteiger partial charge in [-0.3, -0.25) is 4.57 Å². The quantitative estimate of drug-likeness (QED) is 0.534. The molecule has 3 rings (SSSR count). The van der Waals surface area contributed by atoms with Gasteiger partial charge < -0.3 is 4.74 Å². The van der Waals surface area contributed by atoms with Crippen molar-refractivity contribution in [3.05, 3.63) is 65.7 Å². The number of hydrogen-bond acceptors (Lipinski definition) is 5. The van der Waals surface area contributed by atoms with E-state index < -0.39 is 33.6 Å². The van der Waals surface area contributed by atoms with Crippen LogP contribution in [0.3, 0.4) is 0 Å². The van der Waals surface area contributed by atoms with Crippen molar-refractivity contribution in [3.63, 3.8) is 0 Å². The van der Waals surface area contributed by atoms with Crippen LogP contribution in [0.5, 0.6) is 11.8 Å². The number of nitrogens with one attached hydrogen (secondary N) is 1. The van der Waals surface area contributed by atoms with Crippen LogP contribution in [0.4, 0.5) is 17.6 Å². The van der Waals surface area contributed by atoms with Crippen LogP contribution < -0.4 is 9.46 Å². The first-order valence-electron chi connectivity index (χ1n) is 9.07. The summed E-state index contributed by atoms with van der Waals surface area (Å²) in [5.41, 5.74) is -0.951. The normalized spacial score (nSPS) is 13.2. The molecule has 0 fully saturated rings. The van der Waals surface area contributed by atoms with Crippen LogP contribution in [0.1, 0.15) is 31.3 Å². The molecule has 0 aliphatic heterocycles. The van der Waals surface area contributed by atoms with Crippen LogP contribution in [0.2, 0.25) is 0 Å². The molecule has 12 heteroatoms. The molecule has 0 radical (unpaired) electrons. The average molecular weight is 458 g/mol. The zero-order valence-electron chi connectivity index (χ0n) is 16.4. The molecule has 1 atom stereocenters. The van der Waals surface area contributed by atoms with Gasteiger partial charge in [0.05, 0.1) is 16.5 Å². The van der Waals surface area contributed by atoms with Gasteiger partial charge in [-0.15, -0.1) is 5.10 Å². The van der Waals surface area contributed by atoms with Crippen LogP contribution >= 0.6 is 0 Å². The summed E-state index contributed by atoms with van der Waals surface area (Å²) < 4.78 is 85.8. The molecule has 7 nitrogen and oxygen atoms in total. The maximum atomic E-state index is 13.0. The van der Waals surface area contributed by atoms with Gasteiger partial charge in [-0.25, -0.2) is 17.5 Å². The molecule has 1 heterocycles. The fourth-order valence-corrected chi connectivity index (χ4v) is 3.98. The molecular weight excluding hydrogens is 440 g/mol. The molecule has 0 saturated carbocycles. The second-order valence-corrected chi connectivity index (χ2v) is 8.22. The Morgan fingerprint density at radius 3 is 2.23 bits per heavy atom. The molecular formula is C19H18F4N4O3S. The van der Waals surface area contributed by atoms with Crippen molar-refractivity contribution in [1.82, 2.24) is 19.5 Å². The topological polar surface area (TPSA) is 86.1 Å². The van der Waals surface area contributed by atoms with Crippen LogP contribution in [0.25, 0.3) is 0 Å². The molecule has 166 valence electrons. The van der Waals surface area contributed by atoms with Gasteiger partial charge in [0.1, 0.15) is 11.6 Å². The molecule has 0 aliphatic rings. The van der Waals surface area contributed by atoms with Crippen LogP contribution in [0.15, 0.2) is 53.4 Å². The van der Waals surface area contributed by atoms with E-state index in [0.29, 0.717) is 24.4 Å². The van der Waals surface area contributed by atoms with Crippen molar-refractivity contribution >= 4 is 10.0 Å². The number of nitrogens with zero attached hydrogens (tertiary/aromatic N) is 3. The Labute approximate surface area is 175 Å². The minimum absolute atomic E-state index is 0.0738. The summed E-state index contributed by atoms with van der Waals surface area (Å²) in [6, 6.07) is 7.59. The van der Waals surface area contributed by atoms with E-state index >= 15 is 0 Å². The van der Waals surface area contributed by atoms with Gasteiger partial charge in [0.15, 0.2) is 5.82 Å². The van der Waals surface area contributed by atoms with Crippen LogP contribution in [-0.4, -0.2) is 23.2 Å². The number of alkyl halides is 3. The lowest BCUT2D eigenvalue weighted by molar-refractivity contribution is -0.137. The first-order chi connectivity index (χ1) is 14.5. The van der Waals surface area contributed by atoms with Gasteiger partial charge in [-0.05, 0) is 62.4 Å². The van der Waals surface area contributed by atoms with E-state index in [1.54, 1.807) is 6.92 Å². The lowest BCUT2D eigenvalue weighted by Crippen LogP contribution is -2.29. The summed E-state index contributed by atoms with van der Waals surface area (Å²) >= 11 is 0. The zero-order valence-corrected chi connectivity index (χ0v) is 17.2. The van der Waals surface area contributed by atoms with E-state index in [9.17, 15) is 26.0 Å². The lowest BCUT2D eigenvalue weighted by atomic mass is 10.2. The molecule has 31 heavy (non-hydrogen) atoms. The fraction of sp³-hybridized carbons (Fsp3) is 0.263. The highest BCUT2D eigenvalue weighted by Crippen LogP contribution is 2.30. The van der Waals surface area contributed by atoms with Crippen molar-refractivity contribution in [3.8, 4) is 11.8 Å². The SMILES string of the molecule is CCn1c(Oc2ccc(F)cc2)nnc1[C@@H](C)NS(=O)(=O)c1ccc(C(F)(F)F)cc1. The number of halogens is 4. The monoisotopic (exact) mass is 458 g/mol. The van der Waals surface area contributed by atoms with E-state index in [2.05, 4.69) is 14.9 Å². The summed E-state index contributed by atoms with van der Waals surface area (Å²) in [6.07, 6.45) is -4.57. The minimum Gasteiger partial charge on any atom is -0.424 e. The van der Waals surface area contributed by atoms with Crippen molar-refractivity contribution in [2.45, 2.75) is 37.5 Å². The predicted molar refractivity (Wildman–Crippen MR) is 102 cm³/mol. The second kappa shape index (κ2) is 8.63. The third-order valence-corrected chi connectivity index (χ3v) is 5.85. The Bertz CT molecular complexity index is 1140. The Morgan fingerprint density at radius 2 is 1.68 bits per heavy atom. The molecule has 3 aromatic rings. The van der Waals surface area contributed by atoms with Gasteiger partial charge in [-0.1, -0.05) is 5.10 Å². The number of benzene rings is 2. The molecule has 0 unspecified atom stereocenters. The van der Waals surface area contributed by atoms with Gasteiger partial charge in [0, 0.05) is 6.54 Å². The minimum atomic E-state index is -4.57. The highest BCUT2D eigenvalue weighted by molar-refractivity contribution is 7.89. The molecule has 0 bridgehead atoms. The van der Waals surface area contributed by atoms with Gasteiger partial charge in [0.2, 0.25) is 10.0 Å². The van der Waals surface area contributed by atoms with Crippen molar-refractivity contribution < 1.29 is 30.7 Å². The number of hydrogen-bond donors (Lipinski definition) is 1. The van der Waals surface area contributed by atoms with Gasteiger partial charge >= 0.3 is 12.2 Å². The Hall–Kier alpha value is -2.99. The second-order valence-electron chi connectivity index (χ2n) is 6.51. The Kier molecular flexibility index (Phi) is 6.32. The smallest absolute Gasteiger partial charge is 0.416 e. The highest BCUT2D eigenvalue weighted by Gasteiger charge is 2.31. The van der Waals surface area contributed by atoms with Gasteiger partial charge in [-0.2, -0.15) is 13.2 Å². The van der Waals surface area contributed by atoms with Crippen molar-refractivity contribution in [2.24, 2.45) is 0 Å². The third-order valence-electron chi connectivity index (χ3n) is 4.30. The van der Waals surface area contributed by atoms with Crippen LogP contribution in [0, 0.1) is 5.82 Å². The van der Waals surface area contributed by atoms with Gasteiger partial charge in [0.25, 0.3) is 0 Å². The standard InChI is InChI=1S/C19H18F4N4O3S/c1-3-27-17(24-25-18(27)30-15-8-6-14(20)7-9-15)12(2)26-31(28,29)16-10-4-13(5-11-16)19(21,22)23/h4-12,26H,3H2,1-2H3/t12-/m1/s1. The predicted octanol–water partition coefficient (Wildman–Crippen LogP) is 4.29. The Morgan fingerprint density at radius 1 is 1.06 bits per heavy atom. The molecule has 0 aliphatic carbocycles. The molecule has 1 aromatic heterocycles. The lowest BCUT2D eigenvalue weighted by Gasteiger charge is -2.16. The summed E-state index contributed by atoms with van der Waals surface area (Å²) in [7, 11) is -4.13. The van der Waals surface area contributed by atoms with E-state index in [1.807, 2.05) is 0 Å². The summed E-state index contributed by atoms with van der Waals surface area (Å²) in [5.74, 6) is 0.111. The average Bonchev–Trinajstić information content (AvgIpc) is 3.11. The first-order valence-corrected chi connectivity index (χ1v) is 10.6. The number of sulfonamides is 1. The van der Waals surface area contributed by atoms with Crippen molar-refractivity contribution in [1.29, 1.82) is 0 Å². The molecule has 0 spiro atoms. The van der Waals surface area contributed by atoms with E-state index in [4.69, 9.17) is 4.74 Å². The summed E-state index contributed by atoms with van der Waals surface area (Å²) in [4.78, 5) is -0.322. The number of ether oxygens (including phenoxy) is 1. The molecule has 0 amide bonds. The number of rotatable bonds is 7. The maximum absolute atomic E-state index is 13.0. The first kappa shape index (κ1) is 22.7. The van der Waals surface area contributed by atoms with Crippen LogP contribution in [-0.2, 0) is 22.7 Å². The Balaban J connectivity index is 1.80. The molecule has 1 N–H and O–H groups in total. The number of aromatic nitrogens is 3.